The molecule has 0 heterocycles. The highest BCUT2D eigenvalue weighted by atomic mass is 32.1. The number of benzene rings is 4. The van der Waals surface area contributed by atoms with Crippen molar-refractivity contribution in [1.82, 2.24) is 9.80 Å². The summed E-state index contributed by atoms with van der Waals surface area (Å²) in [6, 6.07) is 35.8. The van der Waals surface area contributed by atoms with Gasteiger partial charge in [0.25, 0.3) is 0 Å². The normalized spacial score (nSPS) is 12.0. The van der Waals surface area contributed by atoms with Crippen LogP contribution in [-0.2, 0) is 0 Å². The Morgan fingerprint density at radius 2 is 0.875 bits per heavy atom. The lowest BCUT2D eigenvalue weighted by Crippen LogP contribution is -2.45. The van der Waals surface area contributed by atoms with E-state index < -0.39 is 0 Å². The van der Waals surface area contributed by atoms with Crippen molar-refractivity contribution >= 4 is 46.0 Å². The molecular weight excluding hydrogens is 537 g/mol. The fourth-order valence-corrected chi connectivity index (χ4v) is 5.02. The maximum Gasteiger partial charge on any atom is 0.173 e. The fourth-order valence-electron chi connectivity index (χ4n) is 4.56. The summed E-state index contributed by atoms with van der Waals surface area (Å²) in [7, 11) is 7.33. The number of nitrogens with zero attached hydrogens (tertiary/aromatic N) is 2. The number of hydrogen-bond donors (Lipinski definition) is 2. The van der Waals surface area contributed by atoms with Gasteiger partial charge in [0.15, 0.2) is 10.2 Å². The molecule has 0 fully saturated rings. The van der Waals surface area contributed by atoms with E-state index in [1.165, 1.54) is 0 Å². The minimum Gasteiger partial charge on any atom is -0.497 e. The summed E-state index contributed by atoms with van der Waals surface area (Å²) < 4.78 is 10.6. The lowest BCUT2D eigenvalue weighted by atomic mass is 9.91. The summed E-state index contributed by atoms with van der Waals surface area (Å²) in [5, 5.41) is 7.95. The van der Waals surface area contributed by atoms with Gasteiger partial charge in [0.05, 0.1) is 26.3 Å². The highest BCUT2D eigenvalue weighted by molar-refractivity contribution is 7.80. The van der Waals surface area contributed by atoms with Crippen LogP contribution in [0.2, 0.25) is 0 Å². The smallest absolute Gasteiger partial charge is 0.173 e. The van der Waals surface area contributed by atoms with Gasteiger partial charge in [0, 0.05) is 25.5 Å². The van der Waals surface area contributed by atoms with Crippen LogP contribution < -0.4 is 20.1 Å². The molecule has 4 aromatic rings. The maximum absolute atomic E-state index is 5.95. The minimum atomic E-state index is -0.178. The lowest BCUT2D eigenvalue weighted by molar-refractivity contribution is 0.221. The highest BCUT2D eigenvalue weighted by Gasteiger charge is 2.34. The van der Waals surface area contributed by atoms with Crippen LogP contribution in [0, 0.1) is 0 Å². The van der Waals surface area contributed by atoms with Crippen molar-refractivity contribution < 1.29 is 9.47 Å². The largest absolute Gasteiger partial charge is 0.497 e. The molecule has 6 nitrogen and oxygen atoms in total. The van der Waals surface area contributed by atoms with Crippen molar-refractivity contribution in [2.75, 3.05) is 38.9 Å². The van der Waals surface area contributed by atoms with E-state index >= 15 is 0 Å². The van der Waals surface area contributed by atoms with Crippen LogP contribution in [0.25, 0.3) is 0 Å². The van der Waals surface area contributed by atoms with Gasteiger partial charge in [0.1, 0.15) is 11.5 Å². The third-order valence-corrected chi connectivity index (χ3v) is 7.52. The van der Waals surface area contributed by atoms with Crippen molar-refractivity contribution in [3.05, 3.63) is 120 Å². The molecule has 206 valence electrons. The monoisotopic (exact) mass is 570 g/mol. The van der Waals surface area contributed by atoms with E-state index in [0.717, 1.165) is 34.0 Å². The van der Waals surface area contributed by atoms with Crippen LogP contribution in [0.3, 0.4) is 0 Å². The molecule has 2 N–H and O–H groups in total. The van der Waals surface area contributed by atoms with Gasteiger partial charge in [-0.3, -0.25) is 0 Å². The number of thiocarbonyl (C=S) groups is 2. The van der Waals surface area contributed by atoms with Gasteiger partial charge in [-0.05, 0) is 84.1 Å². The summed E-state index contributed by atoms with van der Waals surface area (Å²) in [5.41, 5.74) is 3.98. The first-order chi connectivity index (χ1) is 19.4. The first-order valence-electron chi connectivity index (χ1n) is 12.9. The van der Waals surface area contributed by atoms with E-state index in [1.54, 1.807) is 14.2 Å². The molecule has 0 spiro atoms. The van der Waals surface area contributed by atoms with E-state index in [0.29, 0.717) is 10.2 Å². The summed E-state index contributed by atoms with van der Waals surface area (Å²) in [5.74, 6) is 1.58. The Morgan fingerprint density at radius 1 is 0.550 bits per heavy atom. The predicted molar refractivity (Wildman–Crippen MR) is 172 cm³/mol. The average molecular weight is 571 g/mol. The molecule has 0 radical (unpaired) electrons. The maximum atomic E-state index is 5.95. The van der Waals surface area contributed by atoms with Gasteiger partial charge in [-0.25, -0.2) is 0 Å². The van der Waals surface area contributed by atoms with Gasteiger partial charge in [-0.15, -0.1) is 0 Å². The molecule has 0 unspecified atom stereocenters. The van der Waals surface area contributed by atoms with E-state index in [1.807, 2.05) is 99.0 Å². The number of nitrogens with one attached hydrogen (secondary N) is 2. The molecule has 0 aliphatic rings. The van der Waals surface area contributed by atoms with Crippen molar-refractivity contribution in [1.29, 1.82) is 0 Å². The van der Waals surface area contributed by atoms with Gasteiger partial charge in [-0.2, -0.15) is 0 Å². The molecule has 0 aliphatic heterocycles. The Hall–Kier alpha value is -4.14. The Balaban J connectivity index is 1.68. The number of methoxy groups -OCH3 is 2. The Labute approximate surface area is 247 Å². The number of ether oxygens (including phenoxy) is 2. The summed E-state index contributed by atoms with van der Waals surface area (Å²) in [4.78, 5) is 4.19. The molecule has 0 aliphatic carbocycles. The molecule has 8 heteroatoms. The van der Waals surface area contributed by atoms with Gasteiger partial charge < -0.3 is 29.9 Å². The Kier molecular flexibility index (Phi) is 9.94. The molecule has 4 rings (SSSR count). The van der Waals surface area contributed by atoms with Crippen molar-refractivity contribution in [3.8, 4) is 11.5 Å². The third kappa shape index (κ3) is 7.08. The third-order valence-electron chi connectivity index (χ3n) is 6.74. The molecule has 2 atom stereocenters. The van der Waals surface area contributed by atoms with Gasteiger partial charge in [0.2, 0.25) is 0 Å². The second kappa shape index (κ2) is 13.8. The van der Waals surface area contributed by atoms with Gasteiger partial charge in [-0.1, -0.05) is 60.7 Å². The lowest BCUT2D eigenvalue weighted by Gasteiger charge is -2.42. The highest BCUT2D eigenvalue weighted by Crippen LogP contribution is 2.38. The fraction of sp³-hybridized carbons (Fsp3) is 0.188. The minimum absolute atomic E-state index is 0.178. The van der Waals surface area contributed by atoms with Crippen LogP contribution in [0.4, 0.5) is 11.4 Å². The first kappa shape index (κ1) is 28.9. The summed E-state index contributed by atoms with van der Waals surface area (Å²) >= 11 is 11.9. The average Bonchev–Trinajstić information content (AvgIpc) is 3.00. The van der Waals surface area contributed by atoms with E-state index in [4.69, 9.17) is 33.9 Å². The zero-order valence-electron chi connectivity index (χ0n) is 23.1. The van der Waals surface area contributed by atoms with Crippen LogP contribution in [-0.4, -0.2) is 48.3 Å². The quantitative estimate of drug-likeness (QED) is 0.206. The van der Waals surface area contributed by atoms with Crippen LogP contribution in [0.1, 0.15) is 23.2 Å². The Bertz CT molecular complexity index is 1280. The topological polar surface area (TPSA) is 49.0 Å². The van der Waals surface area contributed by atoms with E-state index in [2.05, 4.69) is 44.7 Å². The molecule has 4 aromatic carbocycles. The molecule has 0 bridgehead atoms. The first-order valence-corrected chi connectivity index (χ1v) is 13.7. The zero-order chi connectivity index (χ0) is 28.5. The number of rotatable bonds is 9. The predicted octanol–water partition coefficient (Wildman–Crippen LogP) is 7.14. The van der Waals surface area contributed by atoms with E-state index in [9.17, 15) is 0 Å². The second-order valence-corrected chi connectivity index (χ2v) is 10.0. The summed E-state index contributed by atoms with van der Waals surface area (Å²) in [6.45, 7) is 0. The van der Waals surface area contributed by atoms with E-state index in [-0.39, 0.29) is 12.1 Å². The number of likely N-dealkylation sites (N-methyl/N-ethyl adjacent to an activating group) is 2. The number of anilines is 2. The zero-order valence-corrected chi connectivity index (χ0v) is 24.7. The SMILES string of the molecule is COc1ccc(NC(=S)N(C)[C@H](c2ccccc2)[C@@H](c2ccccc2)N(C)C(=S)Nc2ccc(OC)cc2)cc1. The van der Waals surface area contributed by atoms with Gasteiger partial charge >= 0.3 is 0 Å². The standard InChI is InChI=1S/C32H34N4O2S2/c1-35(31(39)33-25-15-19-27(37-3)20-16-25)29(23-11-7-5-8-12-23)30(24-13-9-6-10-14-24)36(2)32(40)34-26-17-21-28(38-4)22-18-26/h5-22,29-30H,1-4H3,(H,33,39)(H,34,40)/t29-,30-/m1/s1. The molecule has 0 amide bonds. The van der Waals surface area contributed by atoms with Crippen LogP contribution >= 0.6 is 24.4 Å². The van der Waals surface area contributed by atoms with Crippen LogP contribution in [0.5, 0.6) is 11.5 Å². The Morgan fingerprint density at radius 3 is 1.18 bits per heavy atom. The molecule has 0 saturated carbocycles. The molecular formula is C32H34N4O2S2. The second-order valence-electron chi connectivity index (χ2n) is 9.25. The number of hydrogen-bond acceptors (Lipinski definition) is 4. The van der Waals surface area contributed by atoms with Crippen LogP contribution in [0.15, 0.2) is 109 Å². The summed E-state index contributed by atoms with van der Waals surface area (Å²) in [6.07, 6.45) is 0. The molecule has 40 heavy (non-hydrogen) atoms. The molecule has 0 aromatic heterocycles. The molecule has 0 saturated heterocycles. The van der Waals surface area contributed by atoms with Crippen molar-refractivity contribution in [3.63, 3.8) is 0 Å². The van der Waals surface area contributed by atoms with Crippen molar-refractivity contribution in [2.24, 2.45) is 0 Å². The van der Waals surface area contributed by atoms with Crippen molar-refractivity contribution in [2.45, 2.75) is 12.1 Å².